The number of rotatable bonds is 7. The number of aromatic nitrogens is 3. The van der Waals surface area contributed by atoms with Gasteiger partial charge in [0.1, 0.15) is 0 Å². The average Bonchev–Trinajstić information content (AvgIpc) is 3.86. The summed E-state index contributed by atoms with van der Waals surface area (Å²) in [7, 11) is 0. The molecule has 0 unspecified atom stereocenters. The molecule has 0 atom stereocenters. The van der Waals surface area contributed by atoms with Crippen molar-refractivity contribution in [2.24, 2.45) is 0 Å². The second kappa shape index (κ2) is 14.8. The van der Waals surface area contributed by atoms with Crippen molar-refractivity contribution in [3.05, 3.63) is 237 Å². The Morgan fingerprint density at radius 2 is 0.677 bits per heavy atom. The molecule has 3 heteroatoms. The highest BCUT2D eigenvalue weighted by molar-refractivity contribution is 6.19. The summed E-state index contributed by atoms with van der Waals surface area (Å²) in [5.74, 6) is 0. The van der Waals surface area contributed by atoms with Gasteiger partial charge in [-0.05, 0) is 100 Å². The summed E-state index contributed by atoms with van der Waals surface area (Å²) in [5, 5.41) is 4.95. The monoisotopic (exact) mass is 789 g/mol. The number of hydrogen-bond donors (Lipinski definition) is 0. The van der Waals surface area contributed by atoms with E-state index in [0.29, 0.717) is 0 Å². The van der Waals surface area contributed by atoms with E-state index in [1.54, 1.807) is 0 Å². The van der Waals surface area contributed by atoms with Crippen molar-refractivity contribution >= 4 is 43.6 Å². The van der Waals surface area contributed by atoms with Crippen LogP contribution in [0.5, 0.6) is 0 Å². The predicted octanol–water partition coefficient (Wildman–Crippen LogP) is 15.6. The first-order valence-electron chi connectivity index (χ1n) is 21.2. The maximum atomic E-state index is 5.34. The molecule has 12 rings (SSSR count). The molecule has 0 aliphatic carbocycles. The Kier molecular flexibility index (Phi) is 8.50. The quantitative estimate of drug-likeness (QED) is 0.158. The molecule has 0 bridgehead atoms. The molecule has 3 aromatic heterocycles. The fraction of sp³-hybridized carbons (Fsp3) is 0. The van der Waals surface area contributed by atoms with Gasteiger partial charge in [0, 0.05) is 44.0 Å². The fourth-order valence-electron chi connectivity index (χ4n) is 9.34. The molecule has 9 aromatic carbocycles. The van der Waals surface area contributed by atoms with E-state index in [1.807, 2.05) is 0 Å². The molecule has 0 radical (unpaired) electrons. The second-order valence-electron chi connectivity index (χ2n) is 16.0. The fourth-order valence-corrected chi connectivity index (χ4v) is 9.34. The van der Waals surface area contributed by atoms with Crippen molar-refractivity contribution in [3.8, 4) is 67.3 Å². The zero-order chi connectivity index (χ0) is 41.0. The Labute approximate surface area is 360 Å². The summed E-state index contributed by atoms with van der Waals surface area (Å²) in [4.78, 5) is 5.34. The van der Waals surface area contributed by atoms with Crippen molar-refractivity contribution < 1.29 is 0 Å². The van der Waals surface area contributed by atoms with Gasteiger partial charge in [-0.1, -0.05) is 170 Å². The van der Waals surface area contributed by atoms with Crippen LogP contribution in [0.25, 0.3) is 111 Å². The van der Waals surface area contributed by atoms with Crippen molar-refractivity contribution in [3.63, 3.8) is 0 Å². The van der Waals surface area contributed by atoms with Crippen LogP contribution in [-0.2, 0) is 0 Å². The minimum Gasteiger partial charge on any atom is -0.309 e. The van der Waals surface area contributed by atoms with Crippen LogP contribution in [0.3, 0.4) is 0 Å². The van der Waals surface area contributed by atoms with Gasteiger partial charge in [0.2, 0.25) is 0 Å². The van der Waals surface area contributed by atoms with Gasteiger partial charge in [-0.2, -0.15) is 0 Å². The molecule has 0 aliphatic rings. The SMILES string of the molecule is c1ccc(-c2cccc(-c3cc(-c4ccccc4)cc(-c4ccc(-n5c6ccccc6c6cc7c8ccccc8n(-c8cccc(-c9ccccc9)c8)c7cc65)cc4)n3)c2)cc1. The van der Waals surface area contributed by atoms with Crippen molar-refractivity contribution in [2.45, 2.75) is 0 Å². The molecule has 0 fully saturated rings. The molecule has 3 heterocycles. The van der Waals surface area contributed by atoms with Crippen molar-refractivity contribution in [1.82, 2.24) is 14.1 Å². The molecular weight excluding hydrogens is 751 g/mol. The van der Waals surface area contributed by atoms with Crippen LogP contribution in [0.2, 0.25) is 0 Å². The van der Waals surface area contributed by atoms with Gasteiger partial charge in [0.05, 0.1) is 33.5 Å². The number of benzene rings is 9. The Bertz CT molecular complexity index is 3600. The average molecular weight is 790 g/mol. The number of fused-ring (bicyclic) bond motifs is 6. The van der Waals surface area contributed by atoms with Gasteiger partial charge < -0.3 is 9.13 Å². The summed E-state index contributed by atoms with van der Waals surface area (Å²) >= 11 is 0. The van der Waals surface area contributed by atoms with Crippen LogP contribution in [-0.4, -0.2) is 14.1 Å². The molecule has 0 spiro atoms. The van der Waals surface area contributed by atoms with E-state index in [0.717, 1.165) is 45.0 Å². The first kappa shape index (κ1) is 35.7. The highest BCUT2D eigenvalue weighted by atomic mass is 15.0. The molecular formula is C59H39N3. The Morgan fingerprint density at radius 3 is 1.27 bits per heavy atom. The summed E-state index contributed by atoms with van der Waals surface area (Å²) in [5.41, 5.74) is 18.0. The van der Waals surface area contributed by atoms with Crippen LogP contribution >= 0.6 is 0 Å². The molecule has 0 saturated heterocycles. The maximum Gasteiger partial charge on any atom is 0.0715 e. The number of hydrogen-bond acceptors (Lipinski definition) is 1. The molecule has 0 aliphatic heterocycles. The minimum atomic E-state index is 0.934. The Morgan fingerprint density at radius 1 is 0.226 bits per heavy atom. The molecule has 12 aromatic rings. The van der Waals surface area contributed by atoms with Crippen LogP contribution in [0.4, 0.5) is 0 Å². The van der Waals surface area contributed by atoms with Crippen molar-refractivity contribution in [2.75, 3.05) is 0 Å². The summed E-state index contributed by atoms with van der Waals surface area (Å²) in [6.45, 7) is 0. The van der Waals surface area contributed by atoms with Gasteiger partial charge in [0.15, 0.2) is 0 Å². The van der Waals surface area contributed by atoms with E-state index < -0.39 is 0 Å². The summed E-state index contributed by atoms with van der Waals surface area (Å²) in [6.07, 6.45) is 0. The first-order valence-corrected chi connectivity index (χ1v) is 21.2. The number of para-hydroxylation sites is 2. The van der Waals surface area contributed by atoms with E-state index in [1.165, 1.54) is 65.9 Å². The molecule has 0 amide bonds. The summed E-state index contributed by atoms with van der Waals surface area (Å²) in [6, 6.07) is 85.2. The highest BCUT2D eigenvalue weighted by Gasteiger charge is 2.19. The largest absolute Gasteiger partial charge is 0.309 e. The lowest BCUT2D eigenvalue weighted by Crippen LogP contribution is -1.96. The van der Waals surface area contributed by atoms with Crippen molar-refractivity contribution in [1.29, 1.82) is 0 Å². The van der Waals surface area contributed by atoms with E-state index in [2.05, 4.69) is 246 Å². The highest BCUT2D eigenvalue weighted by Crippen LogP contribution is 2.41. The number of pyridine rings is 1. The standard InChI is InChI=1S/C59H39N3/c1-4-16-40(17-5-1)44-22-14-24-46(34-44)55-37-47(42-20-8-3-9-21-42)36-54(60-55)43-30-32-48(33-31-43)61-56-28-12-10-26-50(56)52-38-53-51-27-11-13-29-57(51)62(59(53)39-58(52)61)49-25-15-23-45(35-49)41-18-6-2-7-19-41/h1-39H. The topological polar surface area (TPSA) is 22.8 Å². The van der Waals surface area contributed by atoms with Gasteiger partial charge >= 0.3 is 0 Å². The zero-order valence-corrected chi connectivity index (χ0v) is 33.9. The number of nitrogens with zero attached hydrogens (tertiary/aromatic N) is 3. The third-order valence-electron chi connectivity index (χ3n) is 12.3. The van der Waals surface area contributed by atoms with Gasteiger partial charge in [0.25, 0.3) is 0 Å². The normalized spacial score (nSPS) is 11.5. The molecule has 290 valence electrons. The maximum absolute atomic E-state index is 5.34. The second-order valence-corrected chi connectivity index (χ2v) is 16.0. The van der Waals surface area contributed by atoms with E-state index in [-0.39, 0.29) is 0 Å². The van der Waals surface area contributed by atoms with Crippen LogP contribution in [0.1, 0.15) is 0 Å². The lowest BCUT2D eigenvalue weighted by molar-refractivity contribution is 1.16. The van der Waals surface area contributed by atoms with E-state index in [4.69, 9.17) is 4.98 Å². The third-order valence-corrected chi connectivity index (χ3v) is 12.3. The molecule has 3 nitrogen and oxygen atoms in total. The van der Waals surface area contributed by atoms with Gasteiger partial charge in [-0.3, -0.25) is 0 Å². The molecule has 0 N–H and O–H groups in total. The van der Waals surface area contributed by atoms with E-state index in [9.17, 15) is 0 Å². The first-order chi connectivity index (χ1) is 30.7. The zero-order valence-electron chi connectivity index (χ0n) is 33.9. The predicted molar refractivity (Wildman–Crippen MR) is 260 cm³/mol. The van der Waals surface area contributed by atoms with Crippen LogP contribution < -0.4 is 0 Å². The minimum absolute atomic E-state index is 0.934. The van der Waals surface area contributed by atoms with E-state index >= 15 is 0 Å². The Balaban J connectivity index is 1.01. The van der Waals surface area contributed by atoms with Gasteiger partial charge in [-0.15, -0.1) is 0 Å². The molecule has 0 saturated carbocycles. The summed E-state index contributed by atoms with van der Waals surface area (Å²) < 4.78 is 4.85. The van der Waals surface area contributed by atoms with Crippen LogP contribution in [0.15, 0.2) is 237 Å². The lowest BCUT2D eigenvalue weighted by Gasteiger charge is -2.13. The van der Waals surface area contributed by atoms with Gasteiger partial charge in [-0.25, -0.2) is 4.98 Å². The van der Waals surface area contributed by atoms with Crippen LogP contribution in [0, 0.1) is 0 Å². The Hall–Kier alpha value is -8.27. The third kappa shape index (κ3) is 6.10. The lowest BCUT2D eigenvalue weighted by atomic mass is 9.98. The molecule has 62 heavy (non-hydrogen) atoms. The smallest absolute Gasteiger partial charge is 0.0715 e.